The molecule has 0 aliphatic heterocycles. The fourth-order valence-corrected chi connectivity index (χ4v) is 3.40. The largest absolute Gasteiger partial charge is 0.379 e. The first-order valence-corrected chi connectivity index (χ1v) is 7.96. The van der Waals surface area contributed by atoms with Crippen molar-refractivity contribution in [1.29, 1.82) is 0 Å². The molecule has 0 N–H and O–H groups in total. The number of hydrogen-bond acceptors (Lipinski definition) is 4. The second-order valence-electron chi connectivity index (χ2n) is 6.25. The fraction of sp³-hybridized carbons (Fsp3) is 0.600. The zero-order valence-electron chi connectivity index (χ0n) is 13.1. The lowest BCUT2D eigenvalue weighted by molar-refractivity contribution is -0.0380. The fourth-order valence-electron chi connectivity index (χ4n) is 2.18. The van der Waals surface area contributed by atoms with E-state index in [1.165, 1.54) is 0 Å². The van der Waals surface area contributed by atoms with Crippen LogP contribution in [0.4, 0.5) is 0 Å². The van der Waals surface area contributed by atoms with Crippen LogP contribution in [0.5, 0.6) is 0 Å². The molecule has 0 atom stereocenters. The van der Waals surface area contributed by atoms with Gasteiger partial charge in [0.15, 0.2) is 0 Å². The molecule has 1 aromatic carbocycles. The standard InChI is InChI=1S/C15H24O4S/c1-12-7-9-13(10-8-12)20(16,17)19-15(4,5)11-14(2,3)18-6/h7-10H,11H2,1-6H3. The van der Waals surface area contributed by atoms with Crippen molar-refractivity contribution in [3.63, 3.8) is 0 Å². The molecule has 0 amide bonds. The highest BCUT2D eigenvalue weighted by Gasteiger charge is 2.34. The summed E-state index contributed by atoms with van der Waals surface area (Å²) in [4.78, 5) is 0.173. The monoisotopic (exact) mass is 300 g/mol. The highest BCUT2D eigenvalue weighted by Crippen LogP contribution is 2.29. The zero-order valence-corrected chi connectivity index (χ0v) is 13.9. The minimum atomic E-state index is -3.77. The van der Waals surface area contributed by atoms with Crippen LogP contribution in [0.25, 0.3) is 0 Å². The van der Waals surface area contributed by atoms with Crippen molar-refractivity contribution in [3.05, 3.63) is 29.8 Å². The molecule has 0 saturated carbocycles. The molecular formula is C15H24O4S. The van der Waals surface area contributed by atoms with Gasteiger partial charge in [-0.15, -0.1) is 0 Å². The second kappa shape index (κ2) is 5.84. The minimum Gasteiger partial charge on any atom is -0.379 e. The Morgan fingerprint density at radius 2 is 1.50 bits per heavy atom. The summed E-state index contributed by atoms with van der Waals surface area (Å²) in [5, 5.41) is 0. The summed E-state index contributed by atoms with van der Waals surface area (Å²) in [6.07, 6.45) is 0.460. The topological polar surface area (TPSA) is 52.6 Å². The summed E-state index contributed by atoms with van der Waals surface area (Å²) in [5.74, 6) is 0. The highest BCUT2D eigenvalue weighted by molar-refractivity contribution is 7.86. The van der Waals surface area contributed by atoms with Crippen molar-refractivity contribution in [1.82, 2.24) is 0 Å². The molecule has 4 nitrogen and oxygen atoms in total. The SMILES string of the molecule is COC(C)(C)CC(C)(C)OS(=O)(=O)c1ccc(C)cc1. The van der Waals surface area contributed by atoms with Crippen LogP contribution in [0.15, 0.2) is 29.2 Å². The van der Waals surface area contributed by atoms with Crippen LogP contribution < -0.4 is 0 Å². The molecule has 0 fully saturated rings. The number of methoxy groups -OCH3 is 1. The molecule has 0 bridgehead atoms. The Balaban J connectivity index is 2.92. The third-order valence-electron chi connectivity index (χ3n) is 3.05. The lowest BCUT2D eigenvalue weighted by Gasteiger charge is -2.33. The number of ether oxygens (including phenoxy) is 1. The zero-order chi connectivity index (χ0) is 15.6. The first kappa shape index (κ1) is 17.1. The van der Waals surface area contributed by atoms with Gasteiger partial charge in [-0.2, -0.15) is 8.42 Å². The van der Waals surface area contributed by atoms with Crippen molar-refractivity contribution in [2.24, 2.45) is 0 Å². The lowest BCUT2D eigenvalue weighted by Crippen LogP contribution is -2.38. The van der Waals surface area contributed by atoms with E-state index in [0.29, 0.717) is 6.42 Å². The van der Waals surface area contributed by atoms with Crippen LogP contribution in [-0.4, -0.2) is 26.7 Å². The van der Waals surface area contributed by atoms with Gasteiger partial charge in [-0.3, -0.25) is 4.18 Å². The molecule has 0 aromatic heterocycles. The Labute approximate surface area is 122 Å². The van der Waals surface area contributed by atoms with Gasteiger partial charge in [0.2, 0.25) is 0 Å². The van der Waals surface area contributed by atoms with E-state index in [1.54, 1.807) is 45.2 Å². The van der Waals surface area contributed by atoms with Crippen LogP contribution in [0.3, 0.4) is 0 Å². The Kier molecular flexibility index (Phi) is 5.00. The van der Waals surface area contributed by atoms with E-state index in [0.717, 1.165) is 5.56 Å². The lowest BCUT2D eigenvalue weighted by atomic mass is 9.92. The maximum atomic E-state index is 12.3. The van der Waals surface area contributed by atoms with Crippen LogP contribution >= 0.6 is 0 Å². The highest BCUT2D eigenvalue weighted by atomic mass is 32.2. The average Bonchev–Trinajstić information content (AvgIpc) is 2.26. The normalized spacial score (nSPS) is 13.5. The summed E-state index contributed by atoms with van der Waals surface area (Å²) >= 11 is 0. The van der Waals surface area contributed by atoms with Crippen LogP contribution in [-0.2, 0) is 19.0 Å². The molecule has 0 saturated heterocycles. The molecular weight excluding hydrogens is 276 g/mol. The van der Waals surface area contributed by atoms with E-state index in [2.05, 4.69) is 0 Å². The molecule has 114 valence electrons. The number of benzene rings is 1. The summed E-state index contributed by atoms with van der Waals surface area (Å²) in [6, 6.07) is 6.62. The summed E-state index contributed by atoms with van der Waals surface area (Å²) in [5.41, 5.74) is -0.293. The third kappa shape index (κ3) is 4.89. The van der Waals surface area contributed by atoms with Gasteiger partial charge in [0.1, 0.15) is 0 Å². The maximum Gasteiger partial charge on any atom is 0.297 e. The summed E-state index contributed by atoms with van der Waals surface area (Å²) < 4.78 is 35.3. The van der Waals surface area contributed by atoms with E-state index >= 15 is 0 Å². The van der Waals surface area contributed by atoms with Gasteiger partial charge >= 0.3 is 0 Å². The number of hydrogen-bond donors (Lipinski definition) is 0. The van der Waals surface area contributed by atoms with E-state index in [1.807, 2.05) is 20.8 Å². The van der Waals surface area contributed by atoms with E-state index < -0.39 is 21.3 Å². The van der Waals surface area contributed by atoms with Gasteiger partial charge < -0.3 is 4.74 Å². The van der Waals surface area contributed by atoms with Gasteiger partial charge in [-0.1, -0.05) is 17.7 Å². The molecule has 1 rings (SSSR count). The second-order valence-corrected chi connectivity index (χ2v) is 7.80. The predicted molar refractivity (Wildman–Crippen MR) is 79.2 cm³/mol. The van der Waals surface area contributed by atoms with Gasteiger partial charge in [0.05, 0.1) is 16.1 Å². The van der Waals surface area contributed by atoms with Crippen molar-refractivity contribution >= 4 is 10.1 Å². The van der Waals surface area contributed by atoms with Gasteiger partial charge in [-0.25, -0.2) is 0 Å². The Hall–Kier alpha value is -0.910. The molecule has 0 heterocycles. The number of aryl methyl sites for hydroxylation is 1. The Morgan fingerprint density at radius 3 is 1.95 bits per heavy atom. The van der Waals surface area contributed by atoms with Crippen molar-refractivity contribution in [2.75, 3.05) is 7.11 Å². The third-order valence-corrected chi connectivity index (χ3v) is 4.57. The van der Waals surface area contributed by atoms with Crippen LogP contribution in [0.1, 0.15) is 39.7 Å². The molecule has 0 radical (unpaired) electrons. The van der Waals surface area contributed by atoms with Crippen molar-refractivity contribution < 1.29 is 17.3 Å². The van der Waals surface area contributed by atoms with Gasteiger partial charge in [0.25, 0.3) is 10.1 Å². The molecule has 5 heteroatoms. The molecule has 0 aliphatic rings. The molecule has 1 aromatic rings. The average molecular weight is 300 g/mol. The quantitative estimate of drug-likeness (QED) is 0.756. The van der Waals surface area contributed by atoms with E-state index in [-0.39, 0.29) is 4.90 Å². The minimum absolute atomic E-state index is 0.173. The van der Waals surface area contributed by atoms with Crippen LogP contribution in [0, 0.1) is 6.92 Å². The summed E-state index contributed by atoms with van der Waals surface area (Å²) in [7, 11) is -2.17. The van der Waals surface area contributed by atoms with E-state index in [9.17, 15) is 8.42 Å². The predicted octanol–water partition coefficient (Wildman–Crippen LogP) is 3.29. The van der Waals surface area contributed by atoms with Gasteiger partial charge in [0, 0.05) is 13.5 Å². The van der Waals surface area contributed by atoms with E-state index in [4.69, 9.17) is 8.92 Å². The molecule has 0 aliphatic carbocycles. The summed E-state index contributed by atoms with van der Waals surface area (Å²) in [6.45, 7) is 9.20. The number of rotatable bonds is 6. The van der Waals surface area contributed by atoms with Crippen molar-refractivity contribution in [2.45, 2.75) is 57.1 Å². The molecule has 20 heavy (non-hydrogen) atoms. The Morgan fingerprint density at radius 1 is 1.00 bits per heavy atom. The Bertz CT molecular complexity index is 542. The molecule has 0 unspecified atom stereocenters. The van der Waals surface area contributed by atoms with Gasteiger partial charge in [-0.05, 0) is 46.8 Å². The first-order valence-electron chi connectivity index (χ1n) is 6.55. The maximum absolute atomic E-state index is 12.3. The smallest absolute Gasteiger partial charge is 0.297 e. The molecule has 0 spiro atoms. The van der Waals surface area contributed by atoms with Crippen molar-refractivity contribution in [3.8, 4) is 0 Å². The van der Waals surface area contributed by atoms with Crippen LogP contribution in [0.2, 0.25) is 0 Å². The first-order chi connectivity index (χ1) is 8.97.